The zero-order chi connectivity index (χ0) is 26.7. The minimum atomic E-state index is -1.81. The molecule has 1 aliphatic heterocycles. The van der Waals surface area contributed by atoms with Crippen LogP contribution in [0.1, 0.15) is 32.4 Å². The quantitative estimate of drug-likeness (QED) is 0.115. The zero-order valence-electron chi connectivity index (χ0n) is 19.6. The number of cyclic esters (lactones) is 1. The van der Waals surface area contributed by atoms with E-state index in [1.807, 2.05) is 0 Å². The maximum absolute atomic E-state index is 13.6. The molecule has 0 fully saturated rings. The number of ether oxygens (including phenoxy) is 3. The van der Waals surface area contributed by atoms with Crippen molar-refractivity contribution in [3.8, 4) is 11.5 Å². The molecule has 0 saturated carbocycles. The highest BCUT2D eigenvalue weighted by Gasteiger charge is 2.46. The molecule has 4 rings (SSSR count). The Hall–Kier alpha value is -5.06. The van der Waals surface area contributed by atoms with E-state index < -0.39 is 40.4 Å². The summed E-state index contributed by atoms with van der Waals surface area (Å²) in [4.78, 5) is 63.2. The minimum absolute atomic E-state index is 0.102. The topological polar surface area (TPSA) is 151 Å². The van der Waals surface area contributed by atoms with Crippen molar-refractivity contribution in [1.29, 1.82) is 0 Å². The number of nitrogens with zero attached hydrogens (tertiary/aromatic N) is 1. The van der Waals surface area contributed by atoms with E-state index in [9.17, 15) is 29.3 Å². The minimum Gasteiger partial charge on any atom is -0.497 e. The SMILES string of the molecule is COc1ccc(OC)c(NC(=O)C(=O)[C@H](C(=O)c2cccc([N+](=O)[O-])c2)[C@H]2OC(=O)c3ccccc32)c1. The van der Waals surface area contributed by atoms with Crippen LogP contribution in [0.3, 0.4) is 0 Å². The lowest BCUT2D eigenvalue weighted by Crippen LogP contribution is -2.38. The van der Waals surface area contributed by atoms with Gasteiger partial charge in [-0.25, -0.2) is 4.79 Å². The first-order chi connectivity index (χ1) is 17.7. The molecule has 0 radical (unpaired) electrons. The van der Waals surface area contributed by atoms with E-state index in [-0.39, 0.29) is 33.8 Å². The number of amides is 1. The van der Waals surface area contributed by atoms with Gasteiger partial charge in [-0.05, 0) is 18.2 Å². The van der Waals surface area contributed by atoms with Gasteiger partial charge in [0.1, 0.15) is 23.5 Å². The number of esters is 1. The molecular formula is C26H20N2O9. The maximum atomic E-state index is 13.6. The van der Waals surface area contributed by atoms with Gasteiger partial charge in [0, 0.05) is 29.3 Å². The van der Waals surface area contributed by atoms with Gasteiger partial charge in [0.15, 0.2) is 5.78 Å². The lowest BCUT2D eigenvalue weighted by atomic mass is 9.84. The number of nitro groups is 1. The first kappa shape index (κ1) is 25.0. The third-order valence-electron chi connectivity index (χ3n) is 5.81. The average molecular weight is 504 g/mol. The summed E-state index contributed by atoms with van der Waals surface area (Å²) in [6.07, 6.45) is -1.42. The van der Waals surface area contributed by atoms with E-state index in [0.29, 0.717) is 5.75 Å². The largest absolute Gasteiger partial charge is 0.497 e. The van der Waals surface area contributed by atoms with Crippen molar-refractivity contribution in [1.82, 2.24) is 0 Å². The fourth-order valence-corrected chi connectivity index (χ4v) is 4.00. The molecule has 11 heteroatoms. The standard InChI is InChI=1S/C26H20N2O9/c1-35-16-10-11-20(36-2)19(13-16)27-25(31)23(30)21(22(29)14-6-5-7-15(12-14)28(33)34)24-17-8-3-4-9-18(17)26(32)37-24/h3-13,21,24H,1-2H3,(H,27,31)/t21-,24-/m0/s1. The number of nitrogens with one attached hydrogen (secondary N) is 1. The lowest BCUT2D eigenvalue weighted by molar-refractivity contribution is -0.384. The summed E-state index contributed by atoms with van der Waals surface area (Å²) in [5.74, 6) is -5.30. The van der Waals surface area contributed by atoms with E-state index in [0.717, 1.165) is 6.07 Å². The number of hydrogen-bond donors (Lipinski definition) is 1. The number of Topliss-reactive ketones (excluding diaryl/α,β-unsaturated/α-hetero) is 2. The zero-order valence-corrected chi connectivity index (χ0v) is 19.6. The van der Waals surface area contributed by atoms with Gasteiger partial charge in [-0.2, -0.15) is 0 Å². The molecule has 37 heavy (non-hydrogen) atoms. The maximum Gasteiger partial charge on any atom is 0.339 e. The highest BCUT2D eigenvalue weighted by Crippen LogP contribution is 2.39. The first-order valence-electron chi connectivity index (χ1n) is 10.9. The highest BCUT2D eigenvalue weighted by atomic mass is 16.6. The van der Waals surface area contributed by atoms with Crippen LogP contribution >= 0.6 is 0 Å². The van der Waals surface area contributed by atoms with Crippen molar-refractivity contribution in [3.63, 3.8) is 0 Å². The predicted molar refractivity (Wildman–Crippen MR) is 129 cm³/mol. The molecular weight excluding hydrogens is 484 g/mol. The molecule has 3 aromatic rings. The molecule has 0 aliphatic carbocycles. The van der Waals surface area contributed by atoms with Crippen molar-refractivity contribution in [3.05, 3.63) is 93.5 Å². The van der Waals surface area contributed by atoms with Crippen LogP contribution in [0, 0.1) is 16.0 Å². The smallest absolute Gasteiger partial charge is 0.339 e. The molecule has 1 amide bonds. The van der Waals surface area contributed by atoms with Crippen LogP contribution in [0.2, 0.25) is 0 Å². The van der Waals surface area contributed by atoms with Gasteiger partial charge in [0.2, 0.25) is 5.78 Å². The Balaban J connectivity index is 1.75. The molecule has 1 heterocycles. The number of hydrogen-bond acceptors (Lipinski definition) is 9. The van der Waals surface area contributed by atoms with Crippen LogP contribution in [-0.4, -0.2) is 42.6 Å². The van der Waals surface area contributed by atoms with E-state index in [1.54, 1.807) is 18.2 Å². The average Bonchev–Trinajstić information content (AvgIpc) is 3.24. The van der Waals surface area contributed by atoms with Crippen LogP contribution in [0.25, 0.3) is 0 Å². The number of rotatable bonds is 9. The third kappa shape index (κ3) is 4.87. The summed E-state index contributed by atoms with van der Waals surface area (Å²) in [7, 11) is 2.78. The monoisotopic (exact) mass is 504 g/mol. The number of benzene rings is 3. The number of ketones is 2. The second-order valence-corrected chi connectivity index (χ2v) is 7.95. The first-order valence-corrected chi connectivity index (χ1v) is 10.9. The number of carbonyl (C=O) groups is 4. The van der Waals surface area contributed by atoms with Crippen LogP contribution in [0.4, 0.5) is 11.4 Å². The summed E-state index contributed by atoms with van der Waals surface area (Å²) >= 11 is 0. The van der Waals surface area contributed by atoms with E-state index in [1.165, 1.54) is 56.7 Å². The van der Waals surface area contributed by atoms with E-state index >= 15 is 0 Å². The van der Waals surface area contributed by atoms with Gasteiger partial charge < -0.3 is 19.5 Å². The van der Waals surface area contributed by atoms with Gasteiger partial charge in [0.25, 0.3) is 11.6 Å². The molecule has 188 valence electrons. The normalized spacial score (nSPS) is 14.6. The molecule has 11 nitrogen and oxygen atoms in total. The van der Waals surface area contributed by atoms with Crippen molar-refractivity contribution >= 4 is 34.8 Å². The Labute approximate surface area is 210 Å². The van der Waals surface area contributed by atoms with Crippen molar-refractivity contribution < 1.29 is 38.3 Å². The molecule has 0 aromatic heterocycles. The predicted octanol–water partition coefficient (Wildman–Crippen LogP) is 3.53. The Morgan fingerprint density at radius 2 is 1.76 bits per heavy atom. The molecule has 0 bridgehead atoms. The Morgan fingerprint density at radius 3 is 2.46 bits per heavy atom. The lowest BCUT2D eigenvalue weighted by Gasteiger charge is -2.21. The van der Waals surface area contributed by atoms with E-state index in [4.69, 9.17) is 14.2 Å². The summed E-state index contributed by atoms with van der Waals surface area (Å²) in [5, 5.41) is 13.7. The molecule has 0 spiro atoms. The number of nitro benzene ring substituents is 1. The summed E-state index contributed by atoms with van der Waals surface area (Å²) < 4.78 is 15.7. The van der Waals surface area contributed by atoms with Gasteiger partial charge in [-0.1, -0.05) is 30.3 Å². The molecule has 1 aliphatic rings. The Bertz CT molecular complexity index is 1430. The number of anilines is 1. The van der Waals surface area contributed by atoms with Crippen molar-refractivity contribution in [2.24, 2.45) is 5.92 Å². The fourth-order valence-electron chi connectivity index (χ4n) is 4.00. The molecule has 1 N–H and O–H groups in total. The molecule has 3 aromatic carbocycles. The molecule has 0 unspecified atom stereocenters. The summed E-state index contributed by atoms with van der Waals surface area (Å²) in [6.45, 7) is 0. The fraction of sp³-hybridized carbons (Fsp3) is 0.154. The van der Waals surface area contributed by atoms with Gasteiger partial charge >= 0.3 is 5.97 Å². The van der Waals surface area contributed by atoms with Gasteiger partial charge in [-0.3, -0.25) is 24.5 Å². The van der Waals surface area contributed by atoms with Crippen molar-refractivity contribution in [2.45, 2.75) is 6.10 Å². The molecule has 2 atom stereocenters. The van der Waals surface area contributed by atoms with Crippen molar-refractivity contribution in [2.75, 3.05) is 19.5 Å². The van der Waals surface area contributed by atoms with Crippen LogP contribution in [0.15, 0.2) is 66.7 Å². The van der Waals surface area contributed by atoms with Gasteiger partial charge in [0.05, 0.1) is 30.4 Å². The second kappa shape index (κ2) is 10.3. The van der Waals surface area contributed by atoms with Gasteiger partial charge in [-0.15, -0.1) is 0 Å². The summed E-state index contributed by atoms with van der Waals surface area (Å²) in [6, 6.07) is 15.4. The van der Waals surface area contributed by atoms with E-state index in [2.05, 4.69) is 5.32 Å². The number of non-ortho nitro benzene ring substituents is 1. The Kier molecular flexibility index (Phi) is 6.96. The van der Waals surface area contributed by atoms with Crippen LogP contribution in [0.5, 0.6) is 11.5 Å². The molecule has 0 saturated heterocycles. The van der Waals surface area contributed by atoms with Crippen LogP contribution in [-0.2, 0) is 14.3 Å². The van der Waals surface area contributed by atoms with Crippen LogP contribution < -0.4 is 14.8 Å². The third-order valence-corrected chi connectivity index (χ3v) is 5.81. The number of carbonyl (C=O) groups excluding carboxylic acids is 4. The highest BCUT2D eigenvalue weighted by molar-refractivity contribution is 6.45. The number of fused-ring (bicyclic) bond motifs is 1. The second-order valence-electron chi connectivity index (χ2n) is 7.95. The summed E-state index contributed by atoms with van der Waals surface area (Å²) in [5.41, 5.74) is -0.0832. The Morgan fingerprint density at radius 1 is 1.00 bits per heavy atom. The number of methoxy groups -OCH3 is 2.